The zero-order valence-corrected chi connectivity index (χ0v) is 7.59. The number of hydrogen-bond donors (Lipinski definition) is 1. The van der Waals surface area contributed by atoms with Crippen molar-refractivity contribution in [1.29, 1.82) is 0 Å². The number of nitrogens with two attached hydrogens (primary N) is 1. The molecule has 1 unspecified atom stereocenters. The summed E-state index contributed by atoms with van der Waals surface area (Å²) < 4.78 is 0. The van der Waals surface area contributed by atoms with Crippen LogP contribution in [0.15, 0.2) is 23.8 Å². The summed E-state index contributed by atoms with van der Waals surface area (Å²) in [7, 11) is 0. The second-order valence-corrected chi connectivity index (χ2v) is 4.17. The zero-order chi connectivity index (χ0) is 8.48. The van der Waals surface area contributed by atoms with Gasteiger partial charge in [-0.1, -0.05) is 39.0 Å². The lowest BCUT2D eigenvalue weighted by molar-refractivity contribution is 0.510. The number of hydrogen-bond acceptors (Lipinski definition) is 1. The molecule has 1 aliphatic rings. The van der Waals surface area contributed by atoms with Crippen molar-refractivity contribution >= 4 is 0 Å². The van der Waals surface area contributed by atoms with Gasteiger partial charge in [0.1, 0.15) is 0 Å². The van der Waals surface area contributed by atoms with Gasteiger partial charge < -0.3 is 5.73 Å². The minimum atomic E-state index is 0.237. The minimum absolute atomic E-state index is 0.237. The van der Waals surface area contributed by atoms with Gasteiger partial charge in [-0.05, 0) is 17.4 Å². The van der Waals surface area contributed by atoms with Crippen molar-refractivity contribution in [1.82, 2.24) is 0 Å². The van der Waals surface area contributed by atoms with Crippen molar-refractivity contribution in [3.8, 4) is 0 Å². The Morgan fingerprint density at radius 3 is 2.45 bits per heavy atom. The molecule has 0 aliphatic heterocycles. The van der Waals surface area contributed by atoms with E-state index in [0.29, 0.717) is 0 Å². The normalized spacial score (nSPS) is 25.1. The summed E-state index contributed by atoms with van der Waals surface area (Å²) >= 11 is 0. The van der Waals surface area contributed by atoms with Crippen molar-refractivity contribution < 1.29 is 0 Å². The van der Waals surface area contributed by atoms with Gasteiger partial charge in [-0.2, -0.15) is 0 Å². The zero-order valence-electron chi connectivity index (χ0n) is 7.59. The van der Waals surface area contributed by atoms with Gasteiger partial charge in [0.05, 0.1) is 0 Å². The lowest BCUT2D eigenvalue weighted by atomic mass is 9.83. The van der Waals surface area contributed by atoms with Crippen LogP contribution in [0, 0.1) is 5.41 Å². The molecule has 0 saturated heterocycles. The van der Waals surface area contributed by atoms with E-state index < -0.39 is 0 Å². The predicted octanol–water partition coefficient (Wildman–Crippen LogP) is 2.25. The third-order valence-corrected chi connectivity index (χ3v) is 2.00. The van der Waals surface area contributed by atoms with Crippen LogP contribution < -0.4 is 5.73 Å². The van der Waals surface area contributed by atoms with Crippen molar-refractivity contribution in [3.63, 3.8) is 0 Å². The van der Waals surface area contributed by atoms with Gasteiger partial charge in [-0.3, -0.25) is 0 Å². The summed E-state index contributed by atoms with van der Waals surface area (Å²) in [6, 6.07) is 0.237. The van der Waals surface area contributed by atoms with Crippen LogP contribution in [-0.4, -0.2) is 6.04 Å². The highest BCUT2D eigenvalue weighted by molar-refractivity contribution is 5.29. The first kappa shape index (κ1) is 8.54. The molecule has 0 amide bonds. The fraction of sp³-hybridized carbons (Fsp3) is 0.600. The Hall–Kier alpha value is -0.560. The van der Waals surface area contributed by atoms with E-state index in [9.17, 15) is 0 Å². The van der Waals surface area contributed by atoms with E-state index in [2.05, 4.69) is 39.0 Å². The third kappa shape index (κ3) is 2.19. The van der Waals surface area contributed by atoms with Crippen LogP contribution in [0.3, 0.4) is 0 Å². The molecule has 1 atom stereocenters. The fourth-order valence-corrected chi connectivity index (χ4v) is 1.19. The molecule has 0 radical (unpaired) electrons. The SMILES string of the molecule is CC(C)(C)C1=CCC(N)C=C1. The molecule has 0 heterocycles. The maximum Gasteiger partial charge on any atom is 0.0262 e. The van der Waals surface area contributed by atoms with Crippen molar-refractivity contribution in [2.75, 3.05) is 0 Å². The molecule has 0 aromatic heterocycles. The largest absolute Gasteiger partial charge is 0.324 e. The van der Waals surface area contributed by atoms with Crippen LogP contribution in [0.25, 0.3) is 0 Å². The number of allylic oxidation sites excluding steroid dienone is 2. The predicted molar refractivity (Wildman–Crippen MR) is 49.3 cm³/mol. The van der Waals surface area contributed by atoms with Crippen molar-refractivity contribution in [2.24, 2.45) is 11.1 Å². The Kier molecular flexibility index (Phi) is 2.19. The molecule has 62 valence electrons. The van der Waals surface area contributed by atoms with Crippen LogP contribution in [0.4, 0.5) is 0 Å². The van der Waals surface area contributed by atoms with E-state index >= 15 is 0 Å². The van der Waals surface area contributed by atoms with Gasteiger partial charge in [-0.15, -0.1) is 0 Å². The summed E-state index contributed by atoms with van der Waals surface area (Å²) in [5.41, 5.74) is 7.39. The van der Waals surface area contributed by atoms with Gasteiger partial charge in [0.2, 0.25) is 0 Å². The Bertz CT molecular complexity index is 193. The topological polar surface area (TPSA) is 26.0 Å². The Balaban J connectivity index is 2.71. The molecule has 0 fully saturated rings. The van der Waals surface area contributed by atoms with Gasteiger partial charge in [0.25, 0.3) is 0 Å². The Morgan fingerprint density at radius 2 is 2.09 bits per heavy atom. The third-order valence-electron chi connectivity index (χ3n) is 2.00. The summed E-state index contributed by atoms with van der Waals surface area (Å²) in [6.07, 6.45) is 7.46. The first-order valence-electron chi connectivity index (χ1n) is 4.14. The maximum atomic E-state index is 5.71. The molecule has 0 saturated carbocycles. The van der Waals surface area contributed by atoms with E-state index in [-0.39, 0.29) is 11.5 Å². The van der Waals surface area contributed by atoms with E-state index in [0.717, 1.165) is 6.42 Å². The van der Waals surface area contributed by atoms with E-state index in [4.69, 9.17) is 5.73 Å². The average molecular weight is 151 g/mol. The first-order chi connectivity index (χ1) is 5.00. The van der Waals surface area contributed by atoms with Crippen LogP contribution in [0.5, 0.6) is 0 Å². The molecule has 1 aliphatic carbocycles. The molecule has 1 heteroatoms. The monoisotopic (exact) mass is 151 g/mol. The molecular weight excluding hydrogens is 134 g/mol. The minimum Gasteiger partial charge on any atom is -0.324 e. The van der Waals surface area contributed by atoms with E-state index in [1.54, 1.807) is 0 Å². The molecule has 1 rings (SSSR count). The Morgan fingerprint density at radius 1 is 1.45 bits per heavy atom. The number of rotatable bonds is 0. The van der Waals surface area contributed by atoms with Gasteiger partial charge in [0, 0.05) is 6.04 Å². The average Bonchev–Trinajstić information content (AvgIpc) is 1.86. The highest BCUT2D eigenvalue weighted by atomic mass is 14.6. The quantitative estimate of drug-likeness (QED) is 0.564. The van der Waals surface area contributed by atoms with Crippen LogP contribution >= 0.6 is 0 Å². The van der Waals surface area contributed by atoms with Gasteiger partial charge >= 0.3 is 0 Å². The van der Waals surface area contributed by atoms with Crippen molar-refractivity contribution in [2.45, 2.75) is 33.2 Å². The van der Waals surface area contributed by atoms with E-state index in [1.165, 1.54) is 5.57 Å². The highest BCUT2D eigenvalue weighted by Gasteiger charge is 2.16. The lowest BCUT2D eigenvalue weighted by Crippen LogP contribution is -2.20. The van der Waals surface area contributed by atoms with Crippen molar-refractivity contribution in [3.05, 3.63) is 23.8 Å². The first-order valence-corrected chi connectivity index (χ1v) is 4.14. The van der Waals surface area contributed by atoms with Crippen LogP contribution in [0.2, 0.25) is 0 Å². The molecule has 11 heavy (non-hydrogen) atoms. The van der Waals surface area contributed by atoms with Gasteiger partial charge in [-0.25, -0.2) is 0 Å². The highest BCUT2D eigenvalue weighted by Crippen LogP contribution is 2.28. The maximum absolute atomic E-state index is 5.71. The van der Waals surface area contributed by atoms with Crippen LogP contribution in [0.1, 0.15) is 27.2 Å². The smallest absolute Gasteiger partial charge is 0.0262 e. The summed E-state index contributed by atoms with van der Waals surface area (Å²) in [6.45, 7) is 6.67. The molecule has 0 aromatic rings. The molecule has 2 N–H and O–H groups in total. The van der Waals surface area contributed by atoms with E-state index in [1.807, 2.05) is 0 Å². The molecule has 0 bridgehead atoms. The Labute approximate surface area is 69.0 Å². The van der Waals surface area contributed by atoms with Crippen LogP contribution in [-0.2, 0) is 0 Å². The summed E-state index contributed by atoms with van der Waals surface area (Å²) in [5.74, 6) is 0. The molecule has 0 spiro atoms. The second kappa shape index (κ2) is 2.82. The summed E-state index contributed by atoms with van der Waals surface area (Å²) in [4.78, 5) is 0. The fourth-order valence-electron chi connectivity index (χ4n) is 1.19. The van der Waals surface area contributed by atoms with Gasteiger partial charge in [0.15, 0.2) is 0 Å². The molecular formula is C10H17N. The standard InChI is InChI=1S/C10H17N/c1-10(2,3)8-4-6-9(11)7-5-8/h4-6,9H,7,11H2,1-3H3. The summed E-state index contributed by atoms with van der Waals surface area (Å²) in [5, 5.41) is 0. The molecule has 0 aromatic carbocycles. The second-order valence-electron chi connectivity index (χ2n) is 4.17. The lowest BCUT2D eigenvalue weighted by Gasteiger charge is -2.23. The molecule has 1 nitrogen and oxygen atoms in total.